The molecule has 0 spiro atoms. The van der Waals surface area contributed by atoms with Gasteiger partial charge in [-0.15, -0.1) is 0 Å². The van der Waals surface area contributed by atoms with Gasteiger partial charge in [0.1, 0.15) is 5.75 Å². The molecule has 0 aromatic heterocycles. The third kappa shape index (κ3) is 2.61. The number of ether oxygens (including phenoxy) is 2. The quantitative estimate of drug-likeness (QED) is 0.594. The van der Waals surface area contributed by atoms with Gasteiger partial charge in [0.2, 0.25) is 0 Å². The smallest absolute Gasteiger partial charge is 0.188 e. The number of carbonyl (C=O) groups is 1. The topological polar surface area (TPSA) is 35.5 Å². The van der Waals surface area contributed by atoms with E-state index in [4.69, 9.17) is 32.7 Å². The summed E-state index contributed by atoms with van der Waals surface area (Å²) in [6.45, 7) is 0.104. The fourth-order valence-corrected chi connectivity index (χ4v) is 1.44. The second-order valence-corrected chi connectivity index (χ2v) is 3.28. The molecule has 1 rings (SSSR count). The Bertz CT molecular complexity index is 316. The molecular formula is C9H8Cl2O3. The molecule has 0 atom stereocenters. The van der Waals surface area contributed by atoms with Gasteiger partial charge in [0.05, 0.1) is 15.6 Å². The highest BCUT2D eigenvalue weighted by Crippen LogP contribution is 2.28. The van der Waals surface area contributed by atoms with E-state index in [1.165, 1.54) is 19.2 Å². The lowest BCUT2D eigenvalue weighted by Gasteiger charge is -2.07. The summed E-state index contributed by atoms with van der Waals surface area (Å²) in [5.74, 6) is 0.465. The third-order valence-electron chi connectivity index (χ3n) is 1.51. The Morgan fingerprint density at radius 3 is 2.36 bits per heavy atom. The molecule has 1 aromatic rings. The summed E-state index contributed by atoms with van der Waals surface area (Å²) in [6, 6.07) is 3.02. The van der Waals surface area contributed by atoms with Gasteiger partial charge in [0.15, 0.2) is 13.1 Å². The number of hydrogen-bond acceptors (Lipinski definition) is 3. The Labute approximate surface area is 91.5 Å². The van der Waals surface area contributed by atoms with Gasteiger partial charge in [-0.25, -0.2) is 0 Å². The first-order valence-corrected chi connectivity index (χ1v) is 4.50. The highest BCUT2D eigenvalue weighted by Gasteiger charge is 2.07. The molecule has 0 saturated heterocycles. The molecule has 0 aliphatic heterocycles. The van der Waals surface area contributed by atoms with Crippen LogP contribution in [0, 0.1) is 0 Å². The van der Waals surface area contributed by atoms with Crippen molar-refractivity contribution in [2.24, 2.45) is 0 Å². The SMILES string of the molecule is COCOc1cc(Cl)c(C=O)c(Cl)c1. The molecule has 3 nitrogen and oxygen atoms in total. The van der Waals surface area contributed by atoms with E-state index in [1.807, 2.05) is 0 Å². The Balaban J connectivity index is 2.95. The summed E-state index contributed by atoms with van der Waals surface area (Å²) in [4.78, 5) is 10.5. The maximum Gasteiger partial charge on any atom is 0.188 e. The molecule has 5 heteroatoms. The molecule has 0 amide bonds. The van der Waals surface area contributed by atoms with Crippen molar-refractivity contribution >= 4 is 29.5 Å². The Kier molecular flexibility index (Phi) is 4.20. The van der Waals surface area contributed by atoms with Crippen LogP contribution >= 0.6 is 23.2 Å². The second kappa shape index (κ2) is 5.20. The van der Waals surface area contributed by atoms with Gasteiger partial charge in [0.25, 0.3) is 0 Å². The number of methoxy groups -OCH3 is 1. The van der Waals surface area contributed by atoms with E-state index in [9.17, 15) is 4.79 Å². The second-order valence-electron chi connectivity index (χ2n) is 2.47. The first-order valence-electron chi connectivity index (χ1n) is 3.75. The molecule has 0 unspecified atom stereocenters. The predicted octanol–water partition coefficient (Wildman–Crippen LogP) is 2.79. The molecule has 0 fully saturated rings. The minimum absolute atomic E-state index is 0.104. The zero-order valence-electron chi connectivity index (χ0n) is 7.42. The highest BCUT2D eigenvalue weighted by molar-refractivity contribution is 6.38. The van der Waals surface area contributed by atoms with E-state index < -0.39 is 0 Å². The van der Waals surface area contributed by atoms with E-state index in [1.54, 1.807) is 0 Å². The fourth-order valence-electron chi connectivity index (χ4n) is 0.884. The number of aldehydes is 1. The highest BCUT2D eigenvalue weighted by atomic mass is 35.5. The van der Waals surface area contributed by atoms with Gasteiger partial charge < -0.3 is 9.47 Å². The van der Waals surface area contributed by atoms with Gasteiger partial charge in [-0.05, 0) is 12.1 Å². The number of carbonyl (C=O) groups excluding carboxylic acids is 1. The Hall–Kier alpha value is -0.770. The molecule has 76 valence electrons. The van der Waals surface area contributed by atoms with Crippen LogP contribution in [0.5, 0.6) is 5.75 Å². The summed E-state index contributed by atoms with van der Waals surface area (Å²) in [5.41, 5.74) is 0.262. The molecule has 0 aliphatic rings. The molecule has 1 aromatic carbocycles. The van der Waals surface area contributed by atoms with Gasteiger partial charge in [-0.2, -0.15) is 0 Å². The van der Waals surface area contributed by atoms with Gasteiger partial charge in [-0.1, -0.05) is 23.2 Å². The molecular weight excluding hydrogens is 227 g/mol. The minimum Gasteiger partial charge on any atom is -0.467 e. The molecule has 0 aliphatic carbocycles. The summed E-state index contributed by atoms with van der Waals surface area (Å²) < 4.78 is 9.81. The van der Waals surface area contributed by atoms with Crippen LogP contribution in [0.4, 0.5) is 0 Å². The lowest BCUT2D eigenvalue weighted by molar-refractivity contribution is 0.0511. The predicted molar refractivity (Wildman–Crippen MR) is 54.4 cm³/mol. The summed E-state index contributed by atoms with van der Waals surface area (Å²) in [6.07, 6.45) is 0.602. The molecule has 0 bridgehead atoms. The monoisotopic (exact) mass is 234 g/mol. The van der Waals surface area contributed by atoms with Crippen molar-refractivity contribution in [1.29, 1.82) is 0 Å². The van der Waals surface area contributed by atoms with Crippen molar-refractivity contribution < 1.29 is 14.3 Å². The fraction of sp³-hybridized carbons (Fsp3) is 0.222. The van der Waals surface area contributed by atoms with E-state index in [0.717, 1.165) is 0 Å². The van der Waals surface area contributed by atoms with Crippen LogP contribution in [0.2, 0.25) is 10.0 Å². The van der Waals surface area contributed by atoms with E-state index >= 15 is 0 Å². The normalized spacial score (nSPS) is 9.93. The molecule has 0 radical (unpaired) electrons. The first kappa shape index (κ1) is 11.3. The van der Waals surface area contributed by atoms with E-state index in [0.29, 0.717) is 12.0 Å². The Morgan fingerprint density at radius 2 is 1.93 bits per heavy atom. The standard InChI is InChI=1S/C9H8Cl2O3/c1-13-5-14-6-2-8(10)7(4-12)9(11)3-6/h2-4H,5H2,1H3. The van der Waals surface area contributed by atoms with Crippen LogP contribution in [0.15, 0.2) is 12.1 Å². The Morgan fingerprint density at radius 1 is 1.36 bits per heavy atom. The molecule has 0 heterocycles. The summed E-state index contributed by atoms with van der Waals surface area (Å²) >= 11 is 11.6. The molecule has 0 N–H and O–H groups in total. The number of hydrogen-bond donors (Lipinski definition) is 0. The maximum absolute atomic E-state index is 10.5. The largest absolute Gasteiger partial charge is 0.467 e. The zero-order chi connectivity index (χ0) is 10.6. The van der Waals surface area contributed by atoms with Crippen molar-refractivity contribution in [3.05, 3.63) is 27.7 Å². The lowest BCUT2D eigenvalue weighted by atomic mass is 10.2. The summed E-state index contributed by atoms with van der Waals surface area (Å²) in [5, 5.41) is 0.525. The van der Waals surface area contributed by atoms with Crippen molar-refractivity contribution in [1.82, 2.24) is 0 Å². The lowest BCUT2D eigenvalue weighted by Crippen LogP contribution is -1.99. The van der Waals surface area contributed by atoms with Crippen LogP contribution in [0.3, 0.4) is 0 Å². The van der Waals surface area contributed by atoms with Crippen molar-refractivity contribution in [2.75, 3.05) is 13.9 Å². The first-order chi connectivity index (χ1) is 6.69. The number of benzene rings is 1. The van der Waals surface area contributed by atoms with Gasteiger partial charge >= 0.3 is 0 Å². The van der Waals surface area contributed by atoms with Crippen LogP contribution in [0.1, 0.15) is 10.4 Å². The molecule has 0 saturated carbocycles. The van der Waals surface area contributed by atoms with Gasteiger partial charge in [-0.3, -0.25) is 4.79 Å². The van der Waals surface area contributed by atoms with Crippen LogP contribution in [0.25, 0.3) is 0 Å². The third-order valence-corrected chi connectivity index (χ3v) is 2.14. The number of rotatable bonds is 4. The van der Waals surface area contributed by atoms with Crippen molar-refractivity contribution in [3.63, 3.8) is 0 Å². The average molecular weight is 235 g/mol. The van der Waals surface area contributed by atoms with Crippen LogP contribution in [-0.4, -0.2) is 20.2 Å². The van der Waals surface area contributed by atoms with Crippen LogP contribution in [-0.2, 0) is 4.74 Å². The number of halogens is 2. The van der Waals surface area contributed by atoms with Crippen molar-refractivity contribution in [3.8, 4) is 5.75 Å². The summed E-state index contributed by atoms with van der Waals surface area (Å²) in [7, 11) is 1.50. The zero-order valence-corrected chi connectivity index (χ0v) is 8.93. The maximum atomic E-state index is 10.5. The average Bonchev–Trinajstić information content (AvgIpc) is 2.14. The van der Waals surface area contributed by atoms with Crippen molar-refractivity contribution in [2.45, 2.75) is 0 Å². The van der Waals surface area contributed by atoms with Gasteiger partial charge in [0, 0.05) is 7.11 Å². The minimum atomic E-state index is 0.104. The molecule has 14 heavy (non-hydrogen) atoms. The van der Waals surface area contributed by atoms with Crippen LogP contribution < -0.4 is 4.74 Å². The van der Waals surface area contributed by atoms with E-state index in [-0.39, 0.29) is 22.4 Å². The van der Waals surface area contributed by atoms with E-state index in [2.05, 4.69) is 0 Å².